The van der Waals surface area contributed by atoms with Crippen LogP contribution < -0.4 is 23.7 Å². The molecule has 1 heterocycles. The lowest BCUT2D eigenvalue weighted by molar-refractivity contribution is 0.0434. The van der Waals surface area contributed by atoms with Crippen molar-refractivity contribution < 1.29 is 41.9 Å². The van der Waals surface area contributed by atoms with Crippen LogP contribution in [0.4, 0.5) is 0 Å². The number of methoxy groups -OCH3 is 4. The lowest BCUT2D eigenvalue weighted by Gasteiger charge is -2.20. The summed E-state index contributed by atoms with van der Waals surface area (Å²) in [6.07, 6.45) is 1.10. The van der Waals surface area contributed by atoms with E-state index in [-0.39, 0.29) is 35.2 Å². The van der Waals surface area contributed by atoms with E-state index in [1.54, 1.807) is 40.4 Å². The lowest BCUT2D eigenvalue weighted by atomic mass is 10.0. The first-order chi connectivity index (χ1) is 16.1. The van der Waals surface area contributed by atoms with Gasteiger partial charge >= 0.3 is 0 Å². The highest BCUT2D eigenvalue weighted by atomic mass is 32.2. The number of sulfone groups is 1. The van der Waals surface area contributed by atoms with Gasteiger partial charge in [-0.3, -0.25) is 0 Å². The third kappa shape index (κ3) is 5.51. The lowest BCUT2D eigenvalue weighted by Crippen LogP contribution is -2.15. The highest BCUT2D eigenvalue weighted by molar-refractivity contribution is 7.90. The van der Waals surface area contributed by atoms with Crippen LogP contribution in [0.1, 0.15) is 43.1 Å². The Bertz CT molecular complexity index is 1090. The summed E-state index contributed by atoms with van der Waals surface area (Å²) in [7, 11) is 2.45. The number of rotatable bonds is 10. The van der Waals surface area contributed by atoms with E-state index in [4.69, 9.17) is 28.4 Å². The van der Waals surface area contributed by atoms with Crippen LogP contribution in [0.15, 0.2) is 29.2 Å². The highest BCUT2D eigenvalue weighted by Crippen LogP contribution is 2.47. The molecule has 1 N–H and O–H groups in total. The molecule has 188 valence electrons. The van der Waals surface area contributed by atoms with Gasteiger partial charge in [0.05, 0.1) is 46.8 Å². The van der Waals surface area contributed by atoms with Gasteiger partial charge in [-0.25, -0.2) is 8.42 Å². The molecule has 0 spiro atoms. The fourth-order valence-corrected chi connectivity index (χ4v) is 4.82. The van der Waals surface area contributed by atoms with E-state index in [2.05, 4.69) is 0 Å². The van der Waals surface area contributed by atoms with Crippen LogP contribution in [0.25, 0.3) is 0 Å². The molecular formula is C24H32O9S. The topological polar surface area (TPSA) is 110 Å². The van der Waals surface area contributed by atoms with Gasteiger partial charge in [-0.05, 0) is 55.2 Å². The second-order valence-electron chi connectivity index (χ2n) is 8.13. The van der Waals surface area contributed by atoms with Gasteiger partial charge in [0.2, 0.25) is 5.75 Å². The number of aliphatic hydroxyl groups excluding tert-OH is 1. The maximum atomic E-state index is 12.5. The Labute approximate surface area is 200 Å². The first-order valence-corrected chi connectivity index (χ1v) is 12.7. The van der Waals surface area contributed by atoms with Crippen LogP contribution in [0.2, 0.25) is 0 Å². The quantitative estimate of drug-likeness (QED) is 0.529. The molecule has 1 aliphatic heterocycles. The van der Waals surface area contributed by atoms with E-state index in [0.29, 0.717) is 35.7 Å². The van der Waals surface area contributed by atoms with Crippen LogP contribution >= 0.6 is 0 Å². The average Bonchev–Trinajstić information content (AvgIpc) is 3.30. The van der Waals surface area contributed by atoms with Gasteiger partial charge in [0.25, 0.3) is 0 Å². The van der Waals surface area contributed by atoms with E-state index >= 15 is 0 Å². The number of hydrogen-bond donors (Lipinski definition) is 1. The van der Waals surface area contributed by atoms with Gasteiger partial charge < -0.3 is 33.5 Å². The molecule has 3 atom stereocenters. The Morgan fingerprint density at radius 2 is 1.35 bits per heavy atom. The van der Waals surface area contributed by atoms with E-state index in [1.807, 2.05) is 12.1 Å². The van der Waals surface area contributed by atoms with Crippen LogP contribution in [-0.4, -0.2) is 60.9 Å². The van der Waals surface area contributed by atoms with Crippen LogP contribution in [-0.2, 0) is 14.6 Å². The first kappa shape index (κ1) is 25.9. The minimum atomic E-state index is -3.65. The second kappa shape index (κ2) is 10.7. The van der Waals surface area contributed by atoms with Crippen molar-refractivity contribution in [2.45, 2.75) is 43.0 Å². The Kier molecular flexibility index (Phi) is 8.17. The zero-order valence-corrected chi connectivity index (χ0v) is 21.1. The van der Waals surface area contributed by atoms with Crippen LogP contribution in [0.3, 0.4) is 0 Å². The zero-order chi connectivity index (χ0) is 25.0. The Morgan fingerprint density at radius 1 is 0.882 bits per heavy atom. The maximum Gasteiger partial charge on any atom is 0.203 e. The molecule has 0 aromatic heterocycles. The van der Waals surface area contributed by atoms with Gasteiger partial charge in [0, 0.05) is 6.26 Å². The molecule has 9 nitrogen and oxygen atoms in total. The molecule has 0 bridgehead atoms. The molecule has 0 amide bonds. The summed E-state index contributed by atoms with van der Waals surface area (Å²) >= 11 is 0. The van der Waals surface area contributed by atoms with Crippen molar-refractivity contribution in [3.05, 3.63) is 35.4 Å². The molecule has 10 heteroatoms. The summed E-state index contributed by atoms with van der Waals surface area (Å²) in [4.78, 5) is -0.0117. The molecule has 0 aliphatic carbocycles. The summed E-state index contributed by atoms with van der Waals surface area (Å²) in [5.74, 6) is 1.90. The van der Waals surface area contributed by atoms with Crippen molar-refractivity contribution >= 4 is 9.84 Å². The highest BCUT2D eigenvalue weighted by Gasteiger charge is 2.32. The molecule has 1 aliphatic rings. The standard InChI is InChI=1S/C24H32O9S/c1-14(25)13-32-24-21(30-4)11-16(12-22(24)34(6,26)27)18-8-7-17(33-18)15-9-19(28-2)23(31-5)20(10-15)29-3/h9-12,14,17-18,25H,7-8,13H2,1-6H3/t14?,17-,18-/m1/s1. The molecule has 1 saturated heterocycles. The first-order valence-electron chi connectivity index (χ1n) is 10.8. The summed E-state index contributed by atoms with van der Waals surface area (Å²) in [5, 5.41) is 9.58. The summed E-state index contributed by atoms with van der Waals surface area (Å²) in [5.41, 5.74) is 1.53. The van der Waals surface area contributed by atoms with Crippen molar-refractivity contribution in [1.29, 1.82) is 0 Å². The minimum Gasteiger partial charge on any atom is -0.493 e. The van der Waals surface area contributed by atoms with Crippen molar-refractivity contribution in [3.8, 4) is 28.7 Å². The van der Waals surface area contributed by atoms with E-state index < -0.39 is 15.9 Å². The van der Waals surface area contributed by atoms with Crippen molar-refractivity contribution in [2.75, 3.05) is 41.3 Å². The normalized spacial score (nSPS) is 18.9. The molecule has 0 radical (unpaired) electrons. The van der Waals surface area contributed by atoms with Gasteiger partial charge in [-0.2, -0.15) is 0 Å². The molecule has 1 unspecified atom stereocenters. The summed E-state index contributed by atoms with van der Waals surface area (Å²) < 4.78 is 58.7. The summed E-state index contributed by atoms with van der Waals surface area (Å²) in [6, 6.07) is 6.97. The van der Waals surface area contributed by atoms with Gasteiger partial charge in [0.15, 0.2) is 32.8 Å². The predicted octanol–water partition coefficient (Wildman–Crippen LogP) is 3.48. The molecule has 34 heavy (non-hydrogen) atoms. The monoisotopic (exact) mass is 496 g/mol. The molecule has 2 aromatic carbocycles. The minimum absolute atomic E-state index is 0.0117. The SMILES string of the molecule is COc1cc([C@H]2CC[C@H](c3cc(OC)c(OCC(C)O)c(S(C)(=O)=O)c3)O2)cc(OC)c1OC. The zero-order valence-electron chi connectivity index (χ0n) is 20.3. The Hall–Kier alpha value is -2.69. The third-order valence-corrected chi connectivity index (χ3v) is 6.68. The largest absolute Gasteiger partial charge is 0.493 e. The summed E-state index contributed by atoms with van der Waals surface area (Å²) in [6.45, 7) is 1.48. The second-order valence-corrected chi connectivity index (χ2v) is 10.1. The molecule has 1 fully saturated rings. The number of hydrogen-bond acceptors (Lipinski definition) is 9. The van der Waals surface area contributed by atoms with Crippen molar-refractivity contribution in [1.82, 2.24) is 0 Å². The van der Waals surface area contributed by atoms with Crippen LogP contribution in [0, 0.1) is 0 Å². The Morgan fingerprint density at radius 3 is 1.76 bits per heavy atom. The van der Waals surface area contributed by atoms with Gasteiger partial charge in [0.1, 0.15) is 11.5 Å². The van der Waals surface area contributed by atoms with Gasteiger partial charge in [-0.1, -0.05) is 0 Å². The molecule has 0 saturated carbocycles. The number of ether oxygens (including phenoxy) is 6. The number of benzene rings is 2. The maximum absolute atomic E-state index is 12.5. The molecule has 3 rings (SSSR count). The number of aliphatic hydroxyl groups is 1. The van der Waals surface area contributed by atoms with E-state index in [0.717, 1.165) is 11.8 Å². The van der Waals surface area contributed by atoms with Gasteiger partial charge in [-0.15, -0.1) is 0 Å². The van der Waals surface area contributed by atoms with Crippen LogP contribution in [0.5, 0.6) is 28.7 Å². The fourth-order valence-electron chi connectivity index (χ4n) is 3.97. The third-order valence-electron chi connectivity index (χ3n) is 5.58. The average molecular weight is 497 g/mol. The molecular weight excluding hydrogens is 464 g/mol. The predicted molar refractivity (Wildman–Crippen MR) is 125 cm³/mol. The van der Waals surface area contributed by atoms with E-state index in [9.17, 15) is 13.5 Å². The smallest absolute Gasteiger partial charge is 0.203 e. The van der Waals surface area contributed by atoms with Crippen molar-refractivity contribution in [2.24, 2.45) is 0 Å². The Balaban J connectivity index is 1.95. The van der Waals surface area contributed by atoms with E-state index in [1.165, 1.54) is 7.11 Å². The van der Waals surface area contributed by atoms with Crippen molar-refractivity contribution in [3.63, 3.8) is 0 Å². The fraction of sp³-hybridized carbons (Fsp3) is 0.500. The molecule has 2 aromatic rings.